The van der Waals surface area contributed by atoms with Crippen molar-refractivity contribution in [3.05, 3.63) is 87.1 Å². The Morgan fingerprint density at radius 3 is 2.27 bits per heavy atom. The predicted molar refractivity (Wildman–Crippen MR) is 84.0 cm³/mol. The molecule has 0 atom stereocenters. The molecule has 6 heteroatoms. The minimum Gasteiger partial charge on any atom is -0.265 e. The molecule has 1 aromatic heterocycles. The molecule has 3 aromatic rings. The van der Waals surface area contributed by atoms with Gasteiger partial charge < -0.3 is 0 Å². The Balaban J connectivity index is 2.07. The molecule has 0 spiro atoms. The number of benzene rings is 2. The zero-order chi connectivity index (χ0) is 15.4. The third kappa shape index (κ3) is 2.76. The fourth-order valence-electron chi connectivity index (χ4n) is 1.94. The molecule has 2 aromatic carbocycles. The molecule has 0 fully saturated rings. The molecule has 0 radical (unpaired) electrons. The van der Waals surface area contributed by atoms with Crippen molar-refractivity contribution in [2.24, 2.45) is 5.10 Å². The van der Waals surface area contributed by atoms with Crippen LogP contribution in [0.3, 0.4) is 0 Å². The number of H-pyrrole nitrogens is 1. The van der Waals surface area contributed by atoms with Crippen LogP contribution in [0.25, 0.3) is 11.3 Å². The van der Waals surface area contributed by atoms with E-state index in [1.807, 2.05) is 36.4 Å². The van der Waals surface area contributed by atoms with Gasteiger partial charge in [-0.25, -0.2) is 9.89 Å². The maximum Gasteiger partial charge on any atom is 0.365 e. The number of aromatic nitrogens is 3. The van der Waals surface area contributed by atoms with Gasteiger partial charge in [-0.3, -0.25) is 4.79 Å². The SMILES string of the molecule is O=c1[nH]nc(-c2ccccc2)c(=O)n1/N=C/c1ccccc1. The van der Waals surface area contributed by atoms with Gasteiger partial charge in [0.1, 0.15) is 0 Å². The Morgan fingerprint density at radius 2 is 1.59 bits per heavy atom. The van der Waals surface area contributed by atoms with Crippen LogP contribution in [0, 0.1) is 0 Å². The zero-order valence-corrected chi connectivity index (χ0v) is 11.5. The highest BCUT2D eigenvalue weighted by molar-refractivity contribution is 5.79. The molecular formula is C16H12N4O2. The highest BCUT2D eigenvalue weighted by Gasteiger charge is 2.09. The van der Waals surface area contributed by atoms with Crippen LogP contribution in [0.5, 0.6) is 0 Å². The molecule has 1 heterocycles. The Morgan fingerprint density at radius 1 is 0.955 bits per heavy atom. The molecule has 1 N–H and O–H groups in total. The molecule has 0 amide bonds. The molecule has 0 aliphatic rings. The molecular weight excluding hydrogens is 280 g/mol. The Bertz CT molecular complexity index is 912. The van der Waals surface area contributed by atoms with E-state index in [0.717, 1.165) is 10.2 Å². The number of hydrogen-bond donors (Lipinski definition) is 1. The van der Waals surface area contributed by atoms with E-state index in [9.17, 15) is 9.59 Å². The first-order chi connectivity index (χ1) is 10.8. The lowest BCUT2D eigenvalue weighted by Gasteiger charge is -2.01. The molecule has 0 saturated carbocycles. The quantitative estimate of drug-likeness (QED) is 0.742. The number of nitrogens with zero attached hydrogens (tertiary/aromatic N) is 3. The van der Waals surface area contributed by atoms with E-state index >= 15 is 0 Å². The predicted octanol–water partition coefficient (Wildman–Crippen LogP) is 1.48. The van der Waals surface area contributed by atoms with Crippen molar-refractivity contribution in [1.29, 1.82) is 0 Å². The lowest BCUT2D eigenvalue weighted by Crippen LogP contribution is -2.34. The molecule has 3 rings (SSSR count). The molecule has 0 bridgehead atoms. The Hall–Kier alpha value is -3.28. The van der Waals surface area contributed by atoms with Crippen molar-refractivity contribution in [3.63, 3.8) is 0 Å². The third-order valence-corrected chi connectivity index (χ3v) is 3.02. The van der Waals surface area contributed by atoms with E-state index in [1.165, 1.54) is 6.21 Å². The maximum atomic E-state index is 12.4. The third-order valence-electron chi connectivity index (χ3n) is 3.02. The van der Waals surface area contributed by atoms with Gasteiger partial charge in [-0.1, -0.05) is 60.7 Å². The summed E-state index contributed by atoms with van der Waals surface area (Å²) < 4.78 is 0.766. The Kier molecular flexibility index (Phi) is 3.74. The van der Waals surface area contributed by atoms with Gasteiger partial charge in [0.2, 0.25) is 0 Å². The second kappa shape index (κ2) is 6.01. The highest BCUT2D eigenvalue weighted by Crippen LogP contribution is 2.09. The summed E-state index contributed by atoms with van der Waals surface area (Å²) in [5.41, 5.74) is 0.295. The van der Waals surface area contributed by atoms with Gasteiger partial charge in [-0.15, -0.1) is 4.68 Å². The fraction of sp³-hybridized carbons (Fsp3) is 0. The molecule has 0 unspecified atom stereocenters. The summed E-state index contributed by atoms with van der Waals surface area (Å²) in [5, 5.41) is 10.1. The number of hydrogen-bond acceptors (Lipinski definition) is 4. The van der Waals surface area contributed by atoms with E-state index in [4.69, 9.17) is 0 Å². The van der Waals surface area contributed by atoms with Crippen LogP contribution in [0.4, 0.5) is 0 Å². The lowest BCUT2D eigenvalue weighted by atomic mass is 10.2. The normalized spacial score (nSPS) is 10.9. The number of aromatic amines is 1. The number of rotatable bonds is 3. The summed E-state index contributed by atoms with van der Waals surface area (Å²) in [7, 11) is 0. The maximum absolute atomic E-state index is 12.4. The van der Waals surface area contributed by atoms with Gasteiger partial charge in [0.15, 0.2) is 5.69 Å². The summed E-state index contributed by atoms with van der Waals surface area (Å²) in [6.45, 7) is 0. The second-order valence-electron chi connectivity index (χ2n) is 4.52. The van der Waals surface area contributed by atoms with Crippen LogP contribution in [-0.2, 0) is 0 Å². The fourth-order valence-corrected chi connectivity index (χ4v) is 1.94. The van der Waals surface area contributed by atoms with Crippen molar-refractivity contribution in [3.8, 4) is 11.3 Å². The average Bonchev–Trinajstić information content (AvgIpc) is 2.56. The minimum atomic E-state index is -0.683. The summed E-state index contributed by atoms with van der Waals surface area (Å²) >= 11 is 0. The van der Waals surface area contributed by atoms with Crippen molar-refractivity contribution in [2.45, 2.75) is 0 Å². The van der Waals surface area contributed by atoms with E-state index in [2.05, 4.69) is 15.3 Å². The van der Waals surface area contributed by atoms with E-state index in [1.54, 1.807) is 24.3 Å². The van der Waals surface area contributed by atoms with Crippen LogP contribution >= 0.6 is 0 Å². The highest BCUT2D eigenvalue weighted by atomic mass is 16.2. The van der Waals surface area contributed by atoms with Gasteiger partial charge in [-0.05, 0) is 5.56 Å². The van der Waals surface area contributed by atoms with Crippen LogP contribution in [0.1, 0.15) is 5.56 Å². The van der Waals surface area contributed by atoms with Gasteiger partial charge in [0, 0.05) is 5.56 Å². The largest absolute Gasteiger partial charge is 0.365 e. The summed E-state index contributed by atoms with van der Waals surface area (Å²) in [4.78, 5) is 24.2. The van der Waals surface area contributed by atoms with Crippen LogP contribution < -0.4 is 11.2 Å². The van der Waals surface area contributed by atoms with Crippen LogP contribution in [-0.4, -0.2) is 21.1 Å². The van der Waals surface area contributed by atoms with Crippen molar-refractivity contribution in [2.75, 3.05) is 0 Å². The first kappa shape index (κ1) is 13.7. The zero-order valence-electron chi connectivity index (χ0n) is 11.5. The molecule has 0 aliphatic heterocycles. The van der Waals surface area contributed by atoms with Crippen molar-refractivity contribution < 1.29 is 0 Å². The lowest BCUT2D eigenvalue weighted by molar-refractivity contribution is 0.716. The molecule has 6 nitrogen and oxygen atoms in total. The minimum absolute atomic E-state index is 0.144. The van der Waals surface area contributed by atoms with Crippen molar-refractivity contribution in [1.82, 2.24) is 14.9 Å². The smallest absolute Gasteiger partial charge is 0.265 e. The first-order valence-corrected chi connectivity index (χ1v) is 6.62. The van der Waals surface area contributed by atoms with Crippen molar-refractivity contribution >= 4 is 6.21 Å². The Labute approximate surface area is 125 Å². The molecule has 108 valence electrons. The van der Waals surface area contributed by atoms with Gasteiger partial charge >= 0.3 is 11.2 Å². The monoisotopic (exact) mass is 292 g/mol. The summed E-state index contributed by atoms with van der Waals surface area (Å²) in [6.07, 6.45) is 1.45. The van der Waals surface area contributed by atoms with E-state index in [-0.39, 0.29) is 5.69 Å². The second-order valence-corrected chi connectivity index (χ2v) is 4.52. The van der Waals surface area contributed by atoms with Gasteiger partial charge in [0.05, 0.1) is 6.21 Å². The molecule has 22 heavy (non-hydrogen) atoms. The van der Waals surface area contributed by atoms with Crippen LogP contribution in [0.15, 0.2) is 75.4 Å². The van der Waals surface area contributed by atoms with Gasteiger partial charge in [0.25, 0.3) is 0 Å². The number of nitrogens with one attached hydrogen (secondary N) is 1. The van der Waals surface area contributed by atoms with E-state index < -0.39 is 11.2 Å². The van der Waals surface area contributed by atoms with Gasteiger partial charge in [-0.2, -0.15) is 10.2 Å². The average molecular weight is 292 g/mol. The van der Waals surface area contributed by atoms with Crippen LogP contribution in [0.2, 0.25) is 0 Å². The molecule has 0 aliphatic carbocycles. The summed E-state index contributed by atoms with van der Waals surface area (Å²) in [6, 6.07) is 18.1. The molecule has 0 saturated heterocycles. The summed E-state index contributed by atoms with van der Waals surface area (Å²) in [5.74, 6) is 0. The van der Waals surface area contributed by atoms with E-state index in [0.29, 0.717) is 5.56 Å². The first-order valence-electron chi connectivity index (χ1n) is 6.62. The standard InChI is InChI=1S/C16H12N4O2/c21-15-14(13-9-5-2-6-10-13)18-19-16(22)20(15)17-11-12-7-3-1-4-8-12/h1-11H,(H,19,22)/b17-11+. The topological polar surface area (TPSA) is 80.1 Å².